The van der Waals surface area contributed by atoms with Gasteiger partial charge in [-0.05, 0) is 76.3 Å². The molecule has 1 N–H and O–H groups in total. The molecule has 3 saturated heterocycles. The second-order valence-corrected chi connectivity index (χ2v) is 9.51. The smallest absolute Gasteiger partial charge is 0.223 e. The summed E-state index contributed by atoms with van der Waals surface area (Å²) in [7, 11) is 0. The van der Waals surface area contributed by atoms with Gasteiger partial charge in [0.1, 0.15) is 0 Å². The maximum absolute atomic E-state index is 13.3. The quantitative estimate of drug-likeness (QED) is 0.816. The average molecular weight is 383 g/mol. The summed E-state index contributed by atoms with van der Waals surface area (Å²) < 4.78 is 0. The largest absolute Gasteiger partial charge is 0.336 e. The van der Waals surface area contributed by atoms with E-state index in [0.29, 0.717) is 24.3 Å². The van der Waals surface area contributed by atoms with E-state index in [-0.39, 0.29) is 0 Å². The molecule has 1 aliphatic carbocycles. The molecule has 3 fully saturated rings. The number of rotatable bonds is 3. The number of H-pyrrole nitrogens is 1. The van der Waals surface area contributed by atoms with Crippen LogP contribution < -0.4 is 0 Å². The maximum atomic E-state index is 13.3. The van der Waals surface area contributed by atoms with Crippen LogP contribution in [0.15, 0.2) is 11.6 Å². The first kappa shape index (κ1) is 18.4. The van der Waals surface area contributed by atoms with Gasteiger partial charge in [-0.25, -0.2) is 0 Å². The van der Waals surface area contributed by atoms with Gasteiger partial charge in [-0.15, -0.1) is 0 Å². The number of nitrogens with one attached hydrogen (secondary N) is 1. The molecule has 4 heterocycles. The molecular formula is C23H34N4O. The lowest BCUT2D eigenvalue weighted by atomic mass is 9.68. The maximum Gasteiger partial charge on any atom is 0.223 e. The van der Waals surface area contributed by atoms with E-state index in [4.69, 9.17) is 0 Å². The van der Waals surface area contributed by atoms with Crippen molar-refractivity contribution in [2.75, 3.05) is 19.6 Å². The molecular weight excluding hydrogens is 348 g/mol. The fourth-order valence-corrected chi connectivity index (χ4v) is 6.57. The van der Waals surface area contributed by atoms with E-state index in [9.17, 15) is 4.79 Å². The van der Waals surface area contributed by atoms with E-state index >= 15 is 0 Å². The second kappa shape index (κ2) is 7.33. The van der Waals surface area contributed by atoms with E-state index in [1.165, 1.54) is 50.8 Å². The van der Waals surface area contributed by atoms with Gasteiger partial charge in [0.15, 0.2) is 0 Å². The third kappa shape index (κ3) is 3.12. The average Bonchev–Trinajstić information content (AvgIpc) is 3.03. The molecule has 0 radical (unpaired) electrons. The number of carbonyl (C=O) groups excluding carboxylic acids is 1. The van der Waals surface area contributed by atoms with Crippen molar-refractivity contribution in [2.24, 2.45) is 11.8 Å². The van der Waals surface area contributed by atoms with Gasteiger partial charge in [-0.1, -0.05) is 18.1 Å². The molecule has 2 bridgehead atoms. The highest BCUT2D eigenvalue weighted by Crippen LogP contribution is 2.45. The molecule has 3 aliphatic heterocycles. The number of hydrogen-bond acceptors (Lipinski definition) is 3. The van der Waals surface area contributed by atoms with Crippen LogP contribution in [0.2, 0.25) is 0 Å². The van der Waals surface area contributed by atoms with Crippen LogP contribution in [0.3, 0.4) is 0 Å². The van der Waals surface area contributed by atoms with Crippen LogP contribution in [-0.4, -0.2) is 57.6 Å². The van der Waals surface area contributed by atoms with Crippen LogP contribution in [-0.2, 0) is 11.2 Å². The topological polar surface area (TPSA) is 52.2 Å². The molecule has 4 atom stereocenters. The summed E-state index contributed by atoms with van der Waals surface area (Å²) in [6.07, 6.45) is 11.8. The Labute approximate surface area is 168 Å². The Morgan fingerprint density at radius 3 is 2.96 bits per heavy atom. The summed E-state index contributed by atoms with van der Waals surface area (Å²) in [5.74, 6) is 1.72. The molecule has 0 saturated carbocycles. The highest BCUT2D eigenvalue weighted by Gasteiger charge is 2.46. The Hall–Kier alpha value is -1.62. The van der Waals surface area contributed by atoms with Gasteiger partial charge in [-0.3, -0.25) is 14.8 Å². The van der Waals surface area contributed by atoms with Crippen LogP contribution in [0.4, 0.5) is 0 Å². The molecule has 1 aromatic rings. The van der Waals surface area contributed by atoms with Crippen molar-refractivity contribution in [1.82, 2.24) is 20.0 Å². The molecule has 5 heteroatoms. The van der Waals surface area contributed by atoms with Crippen LogP contribution in [0.5, 0.6) is 0 Å². The molecule has 5 nitrogen and oxygen atoms in total. The van der Waals surface area contributed by atoms with Crippen LogP contribution in [0.25, 0.3) is 0 Å². The monoisotopic (exact) mass is 382 g/mol. The second-order valence-electron chi connectivity index (χ2n) is 9.51. The SMILES string of the molecule is Cc1n[nH]c(C)c1CCC(=O)N1CCCC2=CC3CC(CN4CCCC[C@H]34)[C@@H]21. The molecule has 0 spiro atoms. The van der Waals surface area contributed by atoms with E-state index < -0.39 is 0 Å². The Bertz CT molecular complexity index is 762. The van der Waals surface area contributed by atoms with Gasteiger partial charge in [0.2, 0.25) is 5.91 Å². The predicted molar refractivity (Wildman–Crippen MR) is 110 cm³/mol. The lowest BCUT2D eigenvalue weighted by molar-refractivity contribution is -0.136. The van der Waals surface area contributed by atoms with Crippen LogP contribution in [0, 0.1) is 25.7 Å². The molecule has 1 aromatic heterocycles. The molecule has 2 unspecified atom stereocenters. The Balaban J connectivity index is 1.33. The zero-order valence-corrected chi connectivity index (χ0v) is 17.4. The summed E-state index contributed by atoms with van der Waals surface area (Å²) >= 11 is 0. The third-order valence-corrected chi connectivity index (χ3v) is 7.85. The standard InChI is InChI=1S/C23H34N4O/c1-15-20(16(2)25-24-15)8-9-22(28)27-11-5-6-17-12-18-13-19(23(17)27)14-26-10-4-3-7-21(18)26/h12,18-19,21,23H,3-11,13-14H2,1-2H3,(H,24,25)/t18?,19?,21-,23-/m1/s1. The van der Waals surface area contributed by atoms with Crippen LogP contribution >= 0.6 is 0 Å². The number of hydrogen-bond donors (Lipinski definition) is 1. The molecule has 152 valence electrons. The number of aromatic amines is 1. The molecule has 1 amide bonds. The van der Waals surface area contributed by atoms with Crippen molar-refractivity contribution >= 4 is 5.91 Å². The minimum Gasteiger partial charge on any atom is -0.336 e. The minimum atomic E-state index is 0.342. The van der Waals surface area contributed by atoms with Crippen molar-refractivity contribution in [2.45, 2.75) is 77.3 Å². The third-order valence-electron chi connectivity index (χ3n) is 7.85. The van der Waals surface area contributed by atoms with Gasteiger partial charge in [0, 0.05) is 31.2 Å². The Morgan fingerprint density at radius 1 is 1.25 bits per heavy atom. The number of likely N-dealkylation sites (tertiary alicyclic amines) is 1. The minimum absolute atomic E-state index is 0.342. The van der Waals surface area contributed by atoms with Crippen LogP contribution in [0.1, 0.15) is 61.9 Å². The molecule has 0 aromatic carbocycles. The van der Waals surface area contributed by atoms with E-state index in [2.05, 4.69) is 33.0 Å². The van der Waals surface area contributed by atoms with Gasteiger partial charge >= 0.3 is 0 Å². The zero-order chi connectivity index (χ0) is 19.3. The number of nitrogens with zero attached hydrogens (tertiary/aromatic N) is 3. The summed E-state index contributed by atoms with van der Waals surface area (Å²) in [5, 5.41) is 7.34. The van der Waals surface area contributed by atoms with Gasteiger partial charge in [0.05, 0.1) is 11.7 Å². The Kier molecular flexibility index (Phi) is 4.82. The summed E-state index contributed by atoms with van der Waals surface area (Å²) in [6.45, 7) is 7.49. The summed E-state index contributed by atoms with van der Waals surface area (Å²) in [5.41, 5.74) is 4.95. The molecule has 5 rings (SSSR count). The first-order chi connectivity index (χ1) is 13.6. The predicted octanol–water partition coefficient (Wildman–Crippen LogP) is 3.38. The van der Waals surface area contributed by atoms with Crippen molar-refractivity contribution in [3.8, 4) is 0 Å². The summed E-state index contributed by atoms with van der Waals surface area (Å²) in [4.78, 5) is 18.3. The van der Waals surface area contributed by atoms with Gasteiger partial charge < -0.3 is 4.90 Å². The zero-order valence-electron chi connectivity index (χ0n) is 17.4. The van der Waals surface area contributed by atoms with Crippen molar-refractivity contribution < 1.29 is 4.79 Å². The fourth-order valence-electron chi connectivity index (χ4n) is 6.57. The lowest BCUT2D eigenvalue weighted by Crippen LogP contribution is -2.60. The molecule has 28 heavy (non-hydrogen) atoms. The first-order valence-corrected chi connectivity index (χ1v) is 11.4. The highest BCUT2D eigenvalue weighted by atomic mass is 16.2. The number of piperidine rings is 3. The first-order valence-electron chi connectivity index (χ1n) is 11.4. The summed E-state index contributed by atoms with van der Waals surface area (Å²) in [6, 6.07) is 1.14. The van der Waals surface area contributed by atoms with E-state index in [0.717, 1.165) is 42.7 Å². The number of carbonyl (C=O) groups is 1. The number of fused-ring (bicyclic) bond motifs is 6. The van der Waals surface area contributed by atoms with E-state index in [1.807, 2.05) is 6.92 Å². The highest BCUT2D eigenvalue weighted by molar-refractivity contribution is 5.77. The Morgan fingerprint density at radius 2 is 2.14 bits per heavy atom. The fraction of sp³-hybridized carbons (Fsp3) is 0.739. The molecule has 4 aliphatic rings. The number of aryl methyl sites for hydroxylation is 2. The normalized spacial score (nSPS) is 32.5. The van der Waals surface area contributed by atoms with Crippen molar-refractivity contribution in [3.63, 3.8) is 0 Å². The van der Waals surface area contributed by atoms with Gasteiger partial charge in [0.25, 0.3) is 0 Å². The van der Waals surface area contributed by atoms with Crippen molar-refractivity contribution in [1.29, 1.82) is 0 Å². The van der Waals surface area contributed by atoms with E-state index in [1.54, 1.807) is 5.57 Å². The lowest BCUT2D eigenvalue weighted by Gasteiger charge is -2.54. The number of amides is 1. The van der Waals surface area contributed by atoms with Gasteiger partial charge in [-0.2, -0.15) is 5.10 Å². The van der Waals surface area contributed by atoms with Crippen molar-refractivity contribution in [3.05, 3.63) is 28.6 Å². The number of aromatic nitrogens is 2.